The number of amides is 1. The number of nitrogens with zero attached hydrogens (tertiary/aromatic N) is 2. The molecule has 7 nitrogen and oxygen atoms in total. The maximum Gasteiger partial charge on any atom is 0.262 e. The van der Waals surface area contributed by atoms with E-state index in [4.69, 9.17) is 25.8 Å². The molecule has 0 saturated carbocycles. The number of fused-ring (bicyclic) bond motifs is 1. The highest BCUT2D eigenvalue weighted by molar-refractivity contribution is 6.32. The molecule has 1 amide bonds. The molecule has 1 heterocycles. The second-order valence-corrected chi connectivity index (χ2v) is 6.02. The molecule has 0 aliphatic carbocycles. The third-order valence-electron chi connectivity index (χ3n) is 3.77. The van der Waals surface area contributed by atoms with Gasteiger partial charge in [-0.15, -0.1) is 0 Å². The maximum absolute atomic E-state index is 12.3. The number of ether oxygens (including phenoxy) is 3. The Morgan fingerprint density at radius 1 is 1.11 bits per heavy atom. The topological polar surface area (TPSA) is 82.6 Å². The zero-order valence-corrected chi connectivity index (χ0v) is 15.8. The molecule has 8 heteroatoms. The summed E-state index contributed by atoms with van der Waals surface area (Å²) in [5, 5.41) is 3.80. The molecule has 2 aromatic carbocycles. The fraction of sp³-hybridized carbons (Fsp3) is 0.211. The van der Waals surface area contributed by atoms with Gasteiger partial charge in [0.25, 0.3) is 5.91 Å². The van der Waals surface area contributed by atoms with Gasteiger partial charge in [-0.05, 0) is 25.1 Å². The van der Waals surface area contributed by atoms with E-state index in [0.29, 0.717) is 33.9 Å². The van der Waals surface area contributed by atoms with E-state index in [0.717, 1.165) is 10.9 Å². The van der Waals surface area contributed by atoms with Crippen molar-refractivity contribution in [1.29, 1.82) is 0 Å². The Kier molecular flexibility index (Phi) is 5.61. The number of rotatable bonds is 6. The Labute approximate surface area is 161 Å². The Morgan fingerprint density at radius 3 is 2.59 bits per heavy atom. The van der Waals surface area contributed by atoms with Gasteiger partial charge in [-0.3, -0.25) is 4.79 Å². The SMILES string of the molecule is COc1cc(OC)c(NC(=O)COc2nc(C)nc3ccccc23)cc1Cl. The molecule has 0 atom stereocenters. The number of benzene rings is 2. The minimum Gasteiger partial charge on any atom is -0.495 e. The van der Waals surface area contributed by atoms with Crippen LogP contribution in [0.5, 0.6) is 17.4 Å². The number of hydrogen-bond acceptors (Lipinski definition) is 6. The first kappa shape index (κ1) is 18.7. The molecule has 0 aliphatic rings. The van der Waals surface area contributed by atoms with Gasteiger partial charge in [0.05, 0.1) is 35.8 Å². The molecule has 3 aromatic rings. The molecule has 0 radical (unpaired) electrons. The van der Waals surface area contributed by atoms with E-state index >= 15 is 0 Å². The lowest BCUT2D eigenvalue weighted by molar-refractivity contribution is -0.118. The molecule has 0 spiro atoms. The van der Waals surface area contributed by atoms with Crippen LogP contribution in [0.3, 0.4) is 0 Å². The van der Waals surface area contributed by atoms with Crippen molar-refractivity contribution in [2.24, 2.45) is 0 Å². The number of para-hydroxylation sites is 1. The molecule has 0 unspecified atom stereocenters. The predicted octanol–water partition coefficient (Wildman–Crippen LogP) is 3.63. The van der Waals surface area contributed by atoms with Crippen LogP contribution in [0.2, 0.25) is 5.02 Å². The van der Waals surface area contributed by atoms with Crippen molar-refractivity contribution in [1.82, 2.24) is 9.97 Å². The van der Waals surface area contributed by atoms with E-state index in [1.54, 1.807) is 19.1 Å². The van der Waals surface area contributed by atoms with Crippen molar-refractivity contribution in [3.63, 3.8) is 0 Å². The van der Waals surface area contributed by atoms with Crippen LogP contribution in [-0.2, 0) is 4.79 Å². The summed E-state index contributed by atoms with van der Waals surface area (Å²) in [4.78, 5) is 21.0. The molecule has 1 N–H and O–H groups in total. The number of halogens is 1. The van der Waals surface area contributed by atoms with Gasteiger partial charge in [0.2, 0.25) is 5.88 Å². The molecule has 1 aromatic heterocycles. The molecule has 27 heavy (non-hydrogen) atoms. The number of carbonyl (C=O) groups is 1. The maximum atomic E-state index is 12.3. The molecule has 140 valence electrons. The van der Waals surface area contributed by atoms with Crippen LogP contribution in [0.15, 0.2) is 36.4 Å². The van der Waals surface area contributed by atoms with Crippen molar-refractivity contribution < 1.29 is 19.0 Å². The van der Waals surface area contributed by atoms with Crippen molar-refractivity contribution >= 4 is 34.1 Å². The number of carbonyl (C=O) groups excluding carboxylic acids is 1. The summed E-state index contributed by atoms with van der Waals surface area (Å²) in [7, 11) is 2.99. The minimum absolute atomic E-state index is 0.229. The zero-order valence-electron chi connectivity index (χ0n) is 15.1. The van der Waals surface area contributed by atoms with E-state index in [1.165, 1.54) is 14.2 Å². The second kappa shape index (κ2) is 8.09. The lowest BCUT2D eigenvalue weighted by Gasteiger charge is -2.13. The third-order valence-corrected chi connectivity index (χ3v) is 4.06. The number of anilines is 1. The fourth-order valence-corrected chi connectivity index (χ4v) is 2.79. The van der Waals surface area contributed by atoms with E-state index in [9.17, 15) is 4.79 Å². The van der Waals surface area contributed by atoms with Crippen LogP contribution in [0.4, 0.5) is 5.69 Å². The first-order chi connectivity index (χ1) is 13.0. The van der Waals surface area contributed by atoms with Gasteiger partial charge in [-0.2, -0.15) is 4.98 Å². The van der Waals surface area contributed by atoms with E-state index in [1.807, 2.05) is 24.3 Å². The molecule has 3 rings (SSSR count). The second-order valence-electron chi connectivity index (χ2n) is 5.62. The Bertz CT molecular complexity index is 994. The first-order valence-corrected chi connectivity index (χ1v) is 8.47. The van der Waals surface area contributed by atoms with Crippen molar-refractivity contribution in [3.05, 3.63) is 47.2 Å². The van der Waals surface area contributed by atoms with Gasteiger partial charge in [-0.1, -0.05) is 23.7 Å². The summed E-state index contributed by atoms with van der Waals surface area (Å²) in [6, 6.07) is 10.6. The summed E-state index contributed by atoms with van der Waals surface area (Å²) in [5.41, 5.74) is 1.17. The van der Waals surface area contributed by atoms with Crippen molar-refractivity contribution in [2.75, 3.05) is 26.1 Å². The largest absolute Gasteiger partial charge is 0.495 e. The van der Waals surface area contributed by atoms with Gasteiger partial charge in [0.15, 0.2) is 6.61 Å². The van der Waals surface area contributed by atoms with Crippen LogP contribution in [0, 0.1) is 6.92 Å². The molecule has 0 bridgehead atoms. The van der Waals surface area contributed by atoms with Gasteiger partial charge in [0.1, 0.15) is 17.3 Å². The molecule has 0 saturated heterocycles. The fourth-order valence-electron chi connectivity index (χ4n) is 2.55. The number of nitrogens with one attached hydrogen (secondary N) is 1. The normalized spacial score (nSPS) is 10.5. The van der Waals surface area contributed by atoms with Gasteiger partial charge in [-0.25, -0.2) is 4.98 Å². The standard InChI is InChI=1S/C19H18ClN3O4/c1-11-21-14-7-5-4-6-12(14)19(22-11)27-10-18(24)23-15-8-13(20)16(25-2)9-17(15)26-3/h4-9H,10H2,1-3H3,(H,23,24). The minimum atomic E-state index is -0.380. The van der Waals surface area contributed by atoms with Crippen LogP contribution in [-0.4, -0.2) is 36.7 Å². The number of aryl methyl sites for hydroxylation is 1. The Hall–Kier alpha value is -3.06. The summed E-state index contributed by atoms with van der Waals surface area (Å²) in [6.07, 6.45) is 0. The molecular formula is C19H18ClN3O4. The van der Waals surface area contributed by atoms with E-state index < -0.39 is 0 Å². The van der Waals surface area contributed by atoms with Crippen LogP contribution < -0.4 is 19.5 Å². The van der Waals surface area contributed by atoms with E-state index in [-0.39, 0.29) is 12.5 Å². The quantitative estimate of drug-likeness (QED) is 0.695. The number of methoxy groups -OCH3 is 2. The van der Waals surface area contributed by atoms with Crippen LogP contribution in [0.1, 0.15) is 5.82 Å². The Morgan fingerprint density at radius 2 is 1.85 bits per heavy atom. The Balaban J connectivity index is 1.75. The third kappa shape index (κ3) is 4.20. The average molecular weight is 388 g/mol. The summed E-state index contributed by atoms with van der Waals surface area (Å²) < 4.78 is 16.0. The average Bonchev–Trinajstić information content (AvgIpc) is 2.66. The van der Waals surface area contributed by atoms with Crippen LogP contribution >= 0.6 is 11.6 Å². The molecular weight excluding hydrogens is 370 g/mol. The summed E-state index contributed by atoms with van der Waals surface area (Å²) in [6.45, 7) is 1.54. The lowest BCUT2D eigenvalue weighted by atomic mass is 10.2. The van der Waals surface area contributed by atoms with E-state index in [2.05, 4.69) is 15.3 Å². The number of aromatic nitrogens is 2. The van der Waals surface area contributed by atoms with Crippen LogP contribution in [0.25, 0.3) is 10.9 Å². The molecule has 0 fully saturated rings. The van der Waals surface area contributed by atoms with Gasteiger partial charge in [0, 0.05) is 6.07 Å². The zero-order chi connectivity index (χ0) is 19.4. The highest BCUT2D eigenvalue weighted by Gasteiger charge is 2.14. The smallest absolute Gasteiger partial charge is 0.262 e. The van der Waals surface area contributed by atoms with Crippen molar-refractivity contribution in [3.8, 4) is 17.4 Å². The lowest BCUT2D eigenvalue weighted by Crippen LogP contribution is -2.21. The highest BCUT2D eigenvalue weighted by atomic mass is 35.5. The predicted molar refractivity (Wildman–Crippen MR) is 103 cm³/mol. The van der Waals surface area contributed by atoms with Gasteiger partial charge >= 0.3 is 0 Å². The summed E-state index contributed by atoms with van der Waals surface area (Å²) >= 11 is 6.12. The van der Waals surface area contributed by atoms with Gasteiger partial charge < -0.3 is 19.5 Å². The monoisotopic (exact) mass is 387 g/mol. The summed E-state index contributed by atoms with van der Waals surface area (Å²) in [5.74, 6) is 1.41. The molecule has 0 aliphatic heterocycles. The number of hydrogen-bond donors (Lipinski definition) is 1. The highest BCUT2D eigenvalue weighted by Crippen LogP contribution is 2.35. The first-order valence-electron chi connectivity index (χ1n) is 8.09. The van der Waals surface area contributed by atoms with Crippen molar-refractivity contribution in [2.45, 2.75) is 6.92 Å².